The summed E-state index contributed by atoms with van der Waals surface area (Å²) < 4.78 is 15.0. The van der Waals surface area contributed by atoms with E-state index in [9.17, 15) is 0 Å². The molecule has 0 spiro atoms. The monoisotopic (exact) mass is 420 g/mol. The standard InChI is InChI=1S/C31H29F/c1-3-4-5-27-17-21-30-29(22-27)20-19-28(31(30)32)18-16-26-14-12-25(13-15-26)11-10-24-8-6-23(2)7-9-24/h6-9,12-15,17,19-22H,3-5,10-11H2,1-2H3. The molecule has 0 bridgehead atoms. The first-order valence-corrected chi connectivity index (χ1v) is 11.5. The fraction of sp³-hybridized carbons (Fsp3) is 0.226. The average Bonchev–Trinajstić information content (AvgIpc) is 2.82. The molecule has 0 aliphatic rings. The van der Waals surface area contributed by atoms with E-state index in [0.29, 0.717) is 10.9 Å². The molecule has 32 heavy (non-hydrogen) atoms. The molecule has 4 aromatic carbocycles. The van der Waals surface area contributed by atoms with Crippen LogP contribution in [0.2, 0.25) is 0 Å². The number of fused-ring (bicyclic) bond motifs is 1. The van der Waals surface area contributed by atoms with Gasteiger partial charge in [-0.2, -0.15) is 0 Å². The van der Waals surface area contributed by atoms with Crippen LogP contribution in [0.25, 0.3) is 10.8 Å². The molecule has 0 nitrogen and oxygen atoms in total. The van der Waals surface area contributed by atoms with Gasteiger partial charge < -0.3 is 0 Å². The largest absolute Gasteiger partial charge is 0.205 e. The SMILES string of the molecule is CCCCc1ccc2c(F)c(C#Cc3ccc(CCc4ccc(C)cc4)cc3)ccc2c1. The summed E-state index contributed by atoms with van der Waals surface area (Å²) in [6, 6.07) is 26.8. The number of unbranched alkanes of at least 4 members (excludes halogenated alkanes) is 1. The Morgan fingerprint density at radius 3 is 2.03 bits per heavy atom. The second-order valence-corrected chi connectivity index (χ2v) is 8.52. The normalized spacial score (nSPS) is 10.7. The third-order valence-corrected chi connectivity index (χ3v) is 5.96. The summed E-state index contributed by atoms with van der Waals surface area (Å²) in [5.74, 6) is 5.92. The summed E-state index contributed by atoms with van der Waals surface area (Å²) in [5, 5.41) is 1.59. The fourth-order valence-electron chi connectivity index (χ4n) is 3.91. The van der Waals surface area contributed by atoms with Crippen LogP contribution in [0.5, 0.6) is 0 Å². The molecule has 0 aromatic heterocycles. The zero-order valence-corrected chi connectivity index (χ0v) is 18.9. The lowest BCUT2D eigenvalue weighted by Crippen LogP contribution is -1.92. The minimum absolute atomic E-state index is 0.230. The Labute approximate surface area is 191 Å². The lowest BCUT2D eigenvalue weighted by atomic mass is 10.0. The Morgan fingerprint density at radius 2 is 1.34 bits per heavy atom. The van der Waals surface area contributed by atoms with Gasteiger partial charge in [-0.1, -0.05) is 91.4 Å². The third-order valence-electron chi connectivity index (χ3n) is 5.96. The van der Waals surface area contributed by atoms with Gasteiger partial charge in [-0.15, -0.1) is 0 Å². The van der Waals surface area contributed by atoms with Crippen molar-refractivity contribution >= 4 is 10.8 Å². The van der Waals surface area contributed by atoms with Gasteiger partial charge in [-0.25, -0.2) is 4.39 Å². The number of benzene rings is 4. The van der Waals surface area contributed by atoms with E-state index >= 15 is 4.39 Å². The third kappa shape index (κ3) is 5.45. The Morgan fingerprint density at radius 1 is 0.688 bits per heavy atom. The first kappa shape index (κ1) is 21.8. The smallest absolute Gasteiger partial charge is 0.146 e. The molecule has 0 heterocycles. The van der Waals surface area contributed by atoms with Gasteiger partial charge in [-0.3, -0.25) is 0 Å². The average molecular weight is 421 g/mol. The van der Waals surface area contributed by atoms with Crippen LogP contribution >= 0.6 is 0 Å². The lowest BCUT2D eigenvalue weighted by Gasteiger charge is -2.05. The van der Waals surface area contributed by atoms with Gasteiger partial charge in [0.1, 0.15) is 5.82 Å². The van der Waals surface area contributed by atoms with Gasteiger partial charge >= 0.3 is 0 Å². The zero-order valence-electron chi connectivity index (χ0n) is 18.9. The number of hydrogen-bond acceptors (Lipinski definition) is 0. The molecule has 0 amide bonds. The molecule has 0 N–H and O–H groups in total. The molecule has 0 aliphatic heterocycles. The highest BCUT2D eigenvalue weighted by molar-refractivity contribution is 5.85. The summed E-state index contributed by atoms with van der Waals surface area (Å²) >= 11 is 0. The van der Waals surface area contributed by atoms with E-state index in [1.807, 2.05) is 30.3 Å². The van der Waals surface area contributed by atoms with Crippen molar-refractivity contribution in [3.8, 4) is 11.8 Å². The van der Waals surface area contributed by atoms with Crippen molar-refractivity contribution in [2.24, 2.45) is 0 Å². The van der Waals surface area contributed by atoms with Gasteiger partial charge in [0.2, 0.25) is 0 Å². The highest BCUT2D eigenvalue weighted by atomic mass is 19.1. The number of hydrogen-bond donors (Lipinski definition) is 0. The summed E-state index contributed by atoms with van der Waals surface area (Å²) in [6.07, 6.45) is 5.37. The Balaban J connectivity index is 1.45. The molecule has 0 fully saturated rings. The Bertz CT molecular complexity index is 1250. The van der Waals surface area contributed by atoms with Gasteiger partial charge in [-0.05, 0) is 72.9 Å². The van der Waals surface area contributed by atoms with Gasteiger partial charge in [0.25, 0.3) is 0 Å². The summed E-state index contributed by atoms with van der Waals surface area (Å²) in [6.45, 7) is 4.29. The minimum Gasteiger partial charge on any atom is -0.205 e. The molecule has 0 radical (unpaired) electrons. The lowest BCUT2D eigenvalue weighted by molar-refractivity contribution is 0.636. The van der Waals surface area contributed by atoms with Crippen molar-refractivity contribution in [1.82, 2.24) is 0 Å². The fourth-order valence-corrected chi connectivity index (χ4v) is 3.91. The molecular formula is C31H29F. The summed E-state index contributed by atoms with van der Waals surface area (Å²) in [7, 11) is 0. The van der Waals surface area contributed by atoms with Crippen LogP contribution in [-0.2, 0) is 19.3 Å². The van der Waals surface area contributed by atoms with Crippen LogP contribution in [-0.4, -0.2) is 0 Å². The van der Waals surface area contributed by atoms with E-state index in [0.717, 1.165) is 43.1 Å². The van der Waals surface area contributed by atoms with Crippen molar-refractivity contribution in [1.29, 1.82) is 0 Å². The summed E-state index contributed by atoms with van der Waals surface area (Å²) in [5.41, 5.74) is 6.53. The van der Waals surface area contributed by atoms with Gasteiger partial charge in [0, 0.05) is 10.9 Å². The molecule has 0 aliphatic carbocycles. The van der Waals surface area contributed by atoms with Crippen LogP contribution in [0.4, 0.5) is 4.39 Å². The van der Waals surface area contributed by atoms with Crippen LogP contribution in [0, 0.1) is 24.6 Å². The minimum atomic E-state index is -0.230. The molecular weight excluding hydrogens is 391 g/mol. The van der Waals surface area contributed by atoms with E-state index in [4.69, 9.17) is 0 Å². The van der Waals surface area contributed by atoms with Crippen molar-refractivity contribution < 1.29 is 4.39 Å². The maximum absolute atomic E-state index is 15.0. The van der Waals surface area contributed by atoms with Crippen LogP contribution < -0.4 is 0 Å². The first-order valence-electron chi connectivity index (χ1n) is 11.5. The molecule has 4 rings (SSSR count). The molecule has 0 saturated carbocycles. The predicted octanol–water partition coefficient (Wildman–Crippen LogP) is 7.81. The van der Waals surface area contributed by atoms with E-state index in [2.05, 4.69) is 68.2 Å². The number of aryl methyl sites for hydroxylation is 4. The maximum atomic E-state index is 15.0. The zero-order chi connectivity index (χ0) is 22.3. The second kappa shape index (κ2) is 10.3. The first-order chi connectivity index (χ1) is 15.6. The topological polar surface area (TPSA) is 0 Å². The molecule has 160 valence electrons. The van der Waals surface area contributed by atoms with Gasteiger partial charge in [0.15, 0.2) is 0 Å². The highest BCUT2D eigenvalue weighted by Gasteiger charge is 2.06. The van der Waals surface area contributed by atoms with Crippen LogP contribution in [0.3, 0.4) is 0 Å². The Kier molecular flexibility index (Phi) is 7.03. The van der Waals surface area contributed by atoms with Crippen molar-refractivity contribution in [2.45, 2.75) is 46.0 Å². The van der Waals surface area contributed by atoms with E-state index < -0.39 is 0 Å². The van der Waals surface area contributed by atoms with E-state index in [-0.39, 0.29) is 5.82 Å². The van der Waals surface area contributed by atoms with Crippen LogP contribution in [0.1, 0.15) is 53.1 Å². The van der Waals surface area contributed by atoms with Crippen molar-refractivity contribution in [3.05, 3.63) is 118 Å². The summed E-state index contributed by atoms with van der Waals surface area (Å²) in [4.78, 5) is 0. The maximum Gasteiger partial charge on any atom is 0.146 e. The molecule has 1 heteroatoms. The quantitative estimate of drug-likeness (QED) is 0.279. The highest BCUT2D eigenvalue weighted by Crippen LogP contribution is 2.23. The predicted molar refractivity (Wildman–Crippen MR) is 134 cm³/mol. The molecule has 0 atom stereocenters. The van der Waals surface area contributed by atoms with E-state index in [1.165, 1.54) is 22.3 Å². The Hall–Kier alpha value is -3.37. The van der Waals surface area contributed by atoms with E-state index in [1.54, 1.807) is 6.07 Å². The number of halogens is 1. The molecule has 0 unspecified atom stereocenters. The van der Waals surface area contributed by atoms with Crippen molar-refractivity contribution in [2.75, 3.05) is 0 Å². The van der Waals surface area contributed by atoms with Crippen LogP contribution in [0.15, 0.2) is 78.9 Å². The number of rotatable bonds is 6. The van der Waals surface area contributed by atoms with Crippen molar-refractivity contribution in [3.63, 3.8) is 0 Å². The van der Waals surface area contributed by atoms with Gasteiger partial charge in [0.05, 0.1) is 5.56 Å². The molecule has 4 aromatic rings. The molecule has 0 saturated heterocycles. The second-order valence-electron chi connectivity index (χ2n) is 8.52.